The van der Waals surface area contributed by atoms with Gasteiger partial charge in [0.25, 0.3) is 0 Å². The van der Waals surface area contributed by atoms with Crippen LogP contribution in [0.2, 0.25) is 0 Å². The van der Waals surface area contributed by atoms with Crippen LogP contribution in [0, 0.1) is 0 Å². The second kappa shape index (κ2) is 9.02. The summed E-state index contributed by atoms with van der Waals surface area (Å²) in [6.45, 7) is 6.31. The topological polar surface area (TPSA) is 62.9 Å². The van der Waals surface area contributed by atoms with Gasteiger partial charge in [0, 0.05) is 24.1 Å². The number of halogens is 1. The van der Waals surface area contributed by atoms with E-state index in [4.69, 9.17) is 10.5 Å². The van der Waals surface area contributed by atoms with E-state index in [-0.39, 0.29) is 0 Å². The number of rotatable bonds is 6. The van der Waals surface area contributed by atoms with Crippen molar-refractivity contribution in [1.82, 2.24) is 10.2 Å². The highest BCUT2D eigenvalue weighted by molar-refractivity contribution is 9.10. The average Bonchev–Trinajstić information content (AvgIpc) is 2.52. The molecule has 0 aromatic heterocycles. The first-order valence-corrected chi connectivity index (χ1v) is 8.11. The summed E-state index contributed by atoms with van der Waals surface area (Å²) >= 11 is 3.42. The Bertz CT molecular complexity index is 443. The Kier molecular flexibility index (Phi) is 6.99. The highest BCUT2D eigenvalue weighted by Gasteiger charge is 2.08. The molecule has 0 saturated carbocycles. The molecule has 0 radical (unpaired) electrons. The van der Waals surface area contributed by atoms with Crippen molar-refractivity contribution in [2.24, 2.45) is 10.7 Å². The van der Waals surface area contributed by atoms with Gasteiger partial charge in [-0.3, -0.25) is 4.90 Å². The lowest BCUT2D eigenvalue weighted by molar-refractivity contribution is 0.0376. The number of nitrogens with two attached hydrogens (primary N) is 1. The molecule has 1 aliphatic rings. The summed E-state index contributed by atoms with van der Waals surface area (Å²) in [7, 11) is 0. The third-order valence-corrected chi connectivity index (χ3v) is 3.93. The molecule has 1 saturated heterocycles. The fraction of sp³-hybridized carbons (Fsp3) is 0.533. The zero-order valence-corrected chi connectivity index (χ0v) is 13.8. The summed E-state index contributed by atoms with van der Waals surface area (Å²) in [5.74, 6) is 0.514. The third-order valence-electron chi connectivity index (χ3n) is 3.41. The number of morpholine rings is 1. The molecule has 1 fully saturated rings. The maximum atomic E-state index is 5.87. The number of nitrogens with zero attached hydrogens (tertiary/aromatic N) is 2. The van der Waals surface area contributed by atoms with E-state index < -0.39 is 0 Å². The van der Waals surface area contributed by atoms with Crippen LogP contribution in [0.5, 0.6) is 0 Å². The van der Waals surface area contributed by atoms with Crippen molar-refractivity contribution in [3.05, 3.63) is 34.3 Å². The van der Waals surface area contributed by atoms with Gasteiger partial charge in [0.1, 0.15) is 0 Å². The van der Waals surface area contributed by atoms with Crippen molar-refractivity contribution >= 4 is 21.9 Å². The lowest BCUT2D eigenvalue weighted by Gasteiger charge is -2.26. The molecule has 0 atom stereocenters. The Morgan fingerprint density at radius 3 is 2.71 bits per heavy atom. The molecule has 116 valence electrons. The molecule has 3 N–H and O–H groups in total. The minimum Gasteiger partial charge on any atom is -0.379 e. The smallest absolute Gasteiger partial charge is 0.188 e. The third kappa shape index (κ3) is 6.46. The number of nitrogens with one attached hydrogen (secondary N) is 1. The first-order valence-electron chi connectivity index (χ1n) is 7.32. The van der Waals surface area contributed by atoms with E-state index in [1.807, 2.05) is 24.3 Å². The van der Waals surface area contributed by atoms with Crippen molar-refractivity contribution in [3.63, 3.8) is 0 Å². The number of hydrogen-bond donors (Lipinski definition) is 2. The first kappa shape index (κ1) is 16.3. The van der Waals surface area contributed by atoms with Gasteiger partial charge in [-0.05, 0) is 30.7 Å². The molecule has 0 bridgehead atoms. The second-order valence-electron chi connectivity index (χ2n) is 5.06. The number of benzene rings is 1. The van der Waals surface area contributed by atoms with Crippen LogP contribution in [-0.4, -0.2) is 50.3 Å². The Morgan fingerprint density at radius 2 is 2.00 bits per heavy atom. The molecule has 2 rings (SSSR count). The van der Waals surface area contributed by atoms with Crippen LogP contribution in [0.4, 0.5) is 0 Å². The van der Waals surface area contributed by atoms with Crippen LogP contribution >= 0.6 is 15.9 Å². The second-order valence-corrected chi connectivity index (χ2v) is 5.98. The highest BCUT2D eigenvalue weighted by Crippen LogP contribution is 2.10. The molecule has 1 aromatic rings. The number of guanidine groups is 1. The van der Waals surface area contributed by atoms with E-state index in [2.05, 4.69) is 31.1 Å². The SMILES string of the molecule is NC(=NCc1ccc(Br)cc1)NCCCN1CCOCC1. The average molecular weight is 355 g/mol. The van der Waals surface area contributed by atoms with Gasteiger partial charge in [-0.25, -0.2) is 4.99 Å². The van der Waals surface area contributed by atoms with Crippen molar-refractivity contribution < 1.29 is 4.74 Å². The summed E-state index contributed by atoms with van der Waals surface area (Å²) in [5, 5.41) is 3.16. The predicted octanol–water partition coefficient (Wildman–Crippen LogP) is 1.58. The van der Waals surface area contributed by atoms with Gasteiger partial charge in [0.15, 0.2) is 5.96 Å². The molecule has 1 aromatic carbocycles. The molecular weight excluding hydrogens is 332 g/mol. The van der Waals surface area contributed by atoms with Crippen LogP contribution in [-0.2, 0) is 11.3 Å². The van der Waals surface area contributed by atoms with Gasteiger partial charge in [0.05, 0.1) is 19.8 Å². The summed E-state index contributed by atoms with van der Waals surface area (Å²) in [4.78, 5) is 6.76. The largest absolute Gasteiger partial charge is 0.379 e. The van der Waals surface area contributed by atoms with E-state index in [1.54, 1.807) is 0 Å². The summed E-state index contributed by atoms with van der Waals surface area (Å²) in [6, 6.07) is 8.10. The summed E-state index contributed by atoms with van der Waals surface area (Å²) in [6.07, 6.45) is 1.06. The first-order chi connectivity index (χ1) is 10.2. The maximum Gasteiger partial charge on any atom is 0.188 e. The Balaban J connectivity index is 1.60. The standard InChI is InChI=1S/C15H23BrN4O/c16-14-4-2-13(3-5-14)12-19-15(17)18-6-1-7-20-8-10-21-11-9-20/h2-5H,1,6-12H2,(H3,17,18,19). The van der Waals surface area contributed by atoms with Crippen molar-refractivity contribution in [3.8, 4) is 0 Å². The molecule has 21 heavy (non-hydrogen) atoms. The molecule has 5 nitrogen and oxygen atoms in total. The van der Waals surface area contributed by atoms with Crippen molar-refractivity contribution in [2.45, 2.75) is 13.0 Å². The van der Waals surface area contributed by atoms with E-state index in [0.717, 1.165) is 55.8 Å². The van der Waals surface area contributed by atoms with Gasteiger partial charge in [-0.2, -0.15) is 0 Å². The molecular formula is C15H23BrN4O. The monoisotopic (exact) mass is 354 g/mol. The molecule has 0 unspecified atom stereocenters. The van der Waals surface area contributed by atoms with Gasteiger partial charge < -0.3 is 15.8 Å². The molecule has 1 heterocycles. The van der Waals surface area contributed by atoms with E-state index in [1.165, 1.54) is 0 Å². The van der Waals surface area contributed by atoms with Gasteiger partial charge >= 0.3 is 0 Å². The van der Waals surface area contributed by atoms with Gasteiger partial charge in [0.2, 0.25) is 0 Å². The summed E-state index contributed by atoms with van der Waals surface area (Å²) < 4.78 is 6.40. The normalized spacial score (nSPS) is 16.9. The van der Waals surface area contributed by atoms with Crippen LogP contribution in [0.25, 0.3) is 0 Å². The van der Waals surface area contributed by atoms with Crippen molar-refractivity contribution in [1.29, 1.82) is 0 Å². The fourth-order valence-electron chi connectivity index (χ4n) is 2.17. The Labute approximate surface area is 134 Å². The van der Waals surface area contributed by atoms with Crippen LogP contribution in [0.3, 0.4) is 0 Å². The zero-order valence-electron chi connectivity index (χ0n) is 12.2. The van der Waals surface area contributed by atoms with E-state index >= 15 is 0 Å². The molecule has 0 amide bonds. The summed E-state index contributed by atoms with van der Waals surface area (Å²) in [5.41, 5.74) is 7.02. The predicted molar refractivity (Wildman–Crippen MR) is 89.3 cm³/mol. The molecule has 0 spiro atoms. The zero-order chi connectivity index (χ0) is 14.9. The van der Waals surface area contributed by atoms with Crippen LogP contribution in [0.15, 0.2) is 33.7 Å². The van der Waals surface area contributed by atoms with Gasteiger partial charge in [-0.15, -0.1) is 0 Å². The fourth-order valence-corrected chi connectivity index (χ4v) is 2.43. The lowest BCUT2D eigenvalue weighted by Crippen LogP contribution is -2.39. The minimum atomic E-state index is 0.514. The molecule has 1 aliphatic heterocycles. The Hall–Kier alpha value is -1.11. The van der Waals surface area contributed by atoms with Crippen LogP contribution < -0.4 is 11.1 Å². The minimum absolute atomic E-state index is 0.514. The highest BCUT2D eigenvalue weighted by atomic mass is 79.9. The van der Waals surface area contributed by atoms with Crippen LogP contribution in [0.1, 0.15) is 12.0 Å². The van der Waals surface area contributed by atoms with Gasteiger partial charge in [-0.1, -0.05) is 28.1 Å². The maximum absolute atomic E-state index is 5.87. The Morgan fingerprint density at radius 1 is 1.29 bits per heavy atom. The van der Waals surface area contributed by atoms with E-state index in [9.17, 15) is 0 Å². The molecule has 0 aliphatic carbocycles. The van der Waals surface area contributed by atoms with E-state index in [0.29, 0.717) is 12.5 Å². The lowest BCUT2D eigenvalue weighted by atomic mass is 10.2. The number of aliphatic imine (C=N–C) groups is 1. The number of hydrogen-bond acceptors (Lipinski definition) is 3. The van der Waals surface area contributed by atoms with Crippen molar-refractivity contribution in [2.75, 3.05) is 39.4 Å². The number of ether oxygens (including phenoxy) is 1. The molecule has 6 heteroatoms. The quantitative estimate of drug-likeness (QED) is 0.462.